The molecule has 0 aliphatic carbocycles. The van der Waals surface area contributed by atoms with Crippen LogP contribution in [0, 0.1) is 0 Å². The van der Waals surface area contributed by atoms with Gasteiger partial charge in [-0.1, -0.05) is 0 Å². The molecule has 33 valence electrons. The maximum absolute atomic E-state index is 4.78. The number of rotatable bonds is 0. The zero-order chi connectivity index (χ0) is 4.24. The molecule has 0 saturated carbocycles. The average molecular weight is 102 g/mol. The lowest BCUT2D eigenvalue weighted by atomic mass is 10.7. The van der Waals surface area contributed by atoms with E-state index in [-0.39, 0.29) is 0 Å². The second-order valence-electron chi connectivity index (χ2n) is 0.878. The largest absolute Gasteiger partial charge is 0.307 e. The van der Waals surface area contributed by atoms with Gasteiger partial charge in [0.1, 0.15) is 0 Å². The van der Waals surface area contributed by atoms with E-state index < -0.39 is 0 Å². The van der Waals surface area contributed by atoms with Crippen molar-refractivity contribution in [3.8, 4) is 0 Å². The Hall–Kier alpha value is -0.0200. The van der Waals surface area contributed by atoms with E-state index in [2.05, 4.69) is 10.5 Å². The Bertz CT molecular complexity index is 55.8. The number of nitrogens with zero attached hydrogens (tertiary/aromatic N) is 1. The molecule has 0 aromatic heterocycles. The van der Waals surface area contributed by atoms with Crippen molar-refractivity contribution in [3.63, 3.8) is 0 Å². The molecule has 1 aliphatic heterocycles. The van der Waals surface area contributed by atoms with Crippen molar-refractivity contribution in [2.45, 2.75) is 0 Å². The summed E-state index contributed by atoms with van der Waals surface area (Å²) in [6, 6.07) is 0. The van der Waals surface area contributed by atoms with Crippen molar-refractivity contribution in [1.29, 1.82) is 0 Å². The number of aliphatic imine (C=N–C) groups is 1. The fourth-order valence-electron chi connectivity index (χ4n) is 0.223. The minimum Gasteiger partial charge on any atom is -0.307 e. The van der Waals surface area contributed by atoms with Gasteiger partial charge in [0.15, 0.2) is 5.55 Å². The van der Waals surface area contributed by atoms with Crippen LogP contribution in [-0.2, 0) is 4.18 Å². The molecular formula is C3H4NOS. The summed E-state index contributed by atoms with van der Waals surface area (Å²) in [6.07, 6.45) is 0. The summed E-state index contributed by atoms with van der Waals surface area (Å²) in [6.45, 7) is 1.50. The van der Waals surface area contributed by atoms with Gasteiger partial charge in [-0.05, 0) is 0 Å². The molecular weight excluding hydrogens is 98.1 g/mol. The van der Waals surface area contributed by atoms with E-state index in [1.54, 1.807) is 0 Å². The first kappa shape index (κ1) is 4.15. The molecule has 0 N–H and O–H groups in total. The van der Waals surface area contributed by atoms with Crippen LogP contribution < -0.4 is 0 Å². The third kappa shape index (κ3) is 0.988. The van der Waals surface area contributed by atoms with Crippen molar-refractivity contribution >= 4 is 17.6 Å². The highest BCUT2D eigenvalue weighted by Gasteiger charge is 1.89. The van der Waals surface area contributed by atoms with Gasteiger partial charge < -0.3 is 4.18 Å². The Morgan fingerprint density at radius 1 is 1.83 bits per heavy atom. The molecule has 0 aromatic rings. The molecule has 0 spiro atoms. The first-order valence-corrected chi connectivity index (χ1v) is 2.44. The maximum atomic E-state index is 4.78. The van der Waals surface area contributed by atoms with Crippen molar-refractivity contribution in [3.05, 3.63) is 0 Å². The lowest BCUT2D eigenvalue weighted by molar-refractivity contribution is 0.387. The summed E-state index contributed by atoms with van der Waals surface area (Å²) in [4.78, 5) is 3.77. The van der Waals surface area contributed by atoms with Gasteiger partial charge in [0.2, 0.25) is 0 Å². The Morgan fingerprint density at radius 3 is 3.00 bits per heavy atom. The number of hydrogen-bond donors (Lipinski definition) is 0. The van der Waals surface area contributed by atoms with E-state index in [1.807, 2.05) is 0 Å². The summed E-state index contributed by atoms with van der Waals surface area (Å²) in [7, 11) is 0. The monoisotopic (exact) mass is 102 g/mol. The summed E-state index contributed by atoms with van der Waals surface area (Å²) in [5.74, 6) is 0. The predicted octanol–water partition coefficient (Wildman–Crippen LogP) is 0.570. The van der Waals surface area contributed by atoms with Crippen molar-refractivity contribution in [1.82, 2.24) is 0 Å². The highest BCUT2D eigenvalue weighted by atomic mass is 32.2. The van der Waals surface area contributed by atoms with Gasteiger partial charge in [0, 0.05) is 0 Å². The van der Waals surface area contributed by atoms with Crippen LogP contribution in [0.25, 0.3) is 0 Å². The molecule has 2 nitrogen and oxygen atoms in total. The highest BCUT2D eigenvalue weighted by Crippen LogP contribution is 2.00. The van der Waals surface area contributed by atoms with Gasteiger partial charge >= 0.3 is 0 Å². The lowest BCUT2D eigenvalue weighted by Crippen LogP contribution is -1.95. The van der Waals surface area contributed by atoms with Gasteiger partial charge in [0.25, 0.3) is 0 Å². The molecule has 1 radical (unpaired) electrons. The normalized spacial score (nSPS) is 21.3. The van der Waals surface area contributed by atoms with Crippen LogP contribution in [0.3, 0.4) is 0 Å². The summed E-state index contributed by atoms with van der Waals surface area (Å²) in [5.41, 5.74) is 2.60. The zero-order valence-corrected chi connectivity index (χ0v) is 3.99. The highest BCUT2D eigenvalue weighted by molar-refractivity contribution is 8.07. The lowest BCUT2D eigenvalue weighted by Gasteiger charge is -1.97. The molecule has 0 aromatic carbocycles. The molecule has 0 bridgehead atoms. The molecule has 0 amide bonds. The van der Waals surface area contributed by atoms with E-state index in [9.17, 15) is 0 Å². The molecule has 1 aliphatic rings. The van der Waals surface area contributed by atoms with Crippen LogP contribution in [0.15, 0.2) is 4.99 Å². The minimum atomic E-state index is 0.734. The average Bonchev–Trinajstić information content (AvgIpc) is 1.72. The molecule has 0 fully saturated rings. The standard InChI is InChI=1S/C3H4NOS/c1-2-5-6-3-4-1/h1-2H2. The van der Waals surface area contributed by atoms with Crippen LogP contribution in [0.2, 0.25) is 0 Å². The first-order valence-electron chi connectivity index (χ1n) is 1.70. The third-order valence-corrected chi connectivity index (χ3v) is 0.935. The topological polar surface area (TPSA) is 21.6 Å². The summed E-state index contributed by atoms with van der Waals surface area (Å²) < 4.78 is 4.78. The third-order valence-electron chi connectivity index (χ3n) is 0.447. The van der Waals surface area contributed by atoms with Crippen molar-refractivity contribution in [2.75, 3.05) is 13.2 Å². The Kier molecular flexibility index (Phi) is 1.52. The summed E-state index contributed by atoms with van der Waals surface area (Å²) in [5, 5.41) is 0. The Labute approximate surface area is 40.8 Å². The van der Waals surface area contributed by atoms with E-state index in [1.165, 1.54) is 12.0 Å². The molecule has 0 unspecified atom stereocenters. The van der Waals surface area contributed by atoms with E-state index in [0.717, 1.165) is 13.2 Å². The van der Waals surface area contributed by atoms with Gasteiger partial charge in [-0.15, -0.1) is 0 Å². The van der Waals surface area contributed by atoms with Gasteiger partial charge in [-0.2, -0.15) is 0 Å². The molecule has 1 heterocycles. The van der Waals surface area contributed by atoms with Crippen LogP contribution >= 0.6 is 12.0 Å². The van der Waals surface area contributed by atoms with Crippen molar-refractivity contribution < 1.29 is 4.18 Å². The Morgan fingerprint density at radius 2 is 2.83 bits per heavy atom. The smallest absolute Gasteiger partial charge is 0.152 e. The van der Waals surface area contributed by atoms with Crippen LogP contribution in [0.4, 0.5) is 0 Å². The van der Waals surface area contributed by atoms with Crippen molar-refractivity contribution in [2.24, 2.45) is 4.99 Å². The quantitative estimate of drug-likeness (QED) is 0.417. The summed E-state index contributed by atoms with van der Waals surface area (Å²) >= 11 is 1.18. The minimum absolute atomic E-state index is 0.734. The Balaban J connectivity index is 2.26. The van der Waals surface area contributed by atoms with E-state index in [4.69, 9.17) is 4.18 Å². The van der Waals surface area contributed by atoms with Gasteiger partial charge in [0.05, 0.1) is 25.2 Å². The SMILES string of the molecule is [C]1=NCCOS1. The van der Waals surface area contributed by atoms with Gasteiger partial charge in [-0.3, -0.25) is 4.99 Å². The van der Waals surface area contributed by atoms with E-state index in [0.29, 0.717) is 0 Å². The zero-order valence-electron chi connectivity index (χ0n) is 3.18. The molecule has 1 rings (SSSR count). The van der Waals surface area contributed by atoms with Crippen LogP contribution in [0.5, 0.6) is 0 Å². The van der Waals surface area contributed by atoms with Crippen LogP contribution in [-0.4, -0.2) is 18.7 Å². The molecule has 3 heteroatoms. The van der Waals surface area contributed by atoms with Gasteiger partial charge in [-0.25, -0.2) is 0 Å². The fourth-order valence-corrected chi connectivity index (χ4v) is 0.577. The molecule has 0 atom stereocenters. The number of hydrogen-bond acceptors (Lipinski definition) is 3. The second kappa shape index (κ2) is 2.21. The fraction of sp³-hybridized carbons (Fsp3) is 0.667. The predicted molar refractivity (Wildman–Crippen MR) is 25.8 cm³/mol. The molecule has 0 saturated heterocycles. The maximum Gasteiger partial charge on any atom is 0.152 e. The molecule has 6 heavy (non-hydrogen) atoms. The first-order chi connectivity index (χ1) is 3.00. The van der Waals surface area contributed by atoms with Crippen LogP contribution in [0.1, 0.15) is 0 Å². The van der Waals surface area contributed by atoms with E-state index >= 15 is 0 Å². The second-order valence-corrected chi connectivity index (χ2v) is 1.46.